The van der Waals surface area contributed by atoms with E-state index in [0.717, 1.165) is 18.9 Å². The normalized spacial score (nSPS) is 15.2. The van der Waals surface area contributed by atoms with Crippen LogP contribution in [-0.2, 0) is 11.3 Å². The number of carbonyl (C=O) groups excluding carboxylic acids is 1. The van der Waals surface area contributed by atoms with Crippen LogP contribution < -0.4 is 0 Å². The smallest absolute Gasteiger partial charge is 0.247 e. The van der Waals surface area contributed by atoms with Crippen LogP contribution in [0.4, 0.5) is 8.78 Å². The Hall–Kier alpha value is -1.97. The van der Waals surface area contributed by atoms with Gasteiger partial charge in [-0.1, -0.05) is 24.3 Å². The molecule has 0 spiro atoms. The van der Waals surface area contributed by atoms with Crippen molar-refractivity contribution in [1.29, 1.82) is 0 Å². The zero-order valence-corrected chi connectivity index (χ0v) is 11.4. The lowest BCUT2D eigenvalue weighted by Gasteiger charge is -2.21. The molecule has 0 unspecified atom stereocenters. The Labute approximate surface area is 117 Å². The van der Waals surface area contributed by atoms with Crippen molar-refractivity contribution in [3.8, 4) is 0 Å². The molecule has 1 aliphatic rings. The third kappa shape index (κ3) is 3.76. The van der Waals surface area contributed by atoms with Gasteiger partial charge in [0.25, 0.3) is 0 Å². The molecule has 1 amide bonds. The molecule has 1 aromatic carbocycles. The van der Waals surface area contributed by atoms with Crippen LogP contribution in [0.15, 0.2) is 42.5 Å². The average Bonchev–Trinajstić information content (AvgIpc) is 3.22. The molecule has 1 aromatic rings. The minimum Gasteiger partial charge on any atom is -0.332 e. The van der Waals surface area contributed by atoms with Gasteiger partial charge in [-0.25, -0.2) is 8.78 Å². The number of amides is 1. The summed E-state index contributed by atoms with van der Waals surface area (Å²) in [4.78, 5) is 13.7. The number of allylic oxidation sites excluding steroid dienone is 3. The van der Waals surface area contributed by atoms with Gasteiger partial charge in [0.1, 0.15) is 11.6 Å². The first-order valence-electron chi connectivity index (χ1n) is 6.65. The molecule has 0 radical (unpaired) electrons. The molecule has 0 heterocycles. The fraction of sp³-hybridized carbons (Fsp3) is 0.312. The predicted molar refractivity (Wildman–Crippen MR) is 73.9 cm³/mol. The first-order valence-corrected chi connectivity index (χ1v) is 6.65. The van der Waals surface area contributed by atoms with Gasteiger partial charge >= 0.3 is 0 Å². The fourth-order valence-corrected chi connectivity index (χ4v) is 1.95. The number of nitrogens with zero attached hydrogens (tertiary/aromatic N) is 1. The second-order valence-corrected chi connectivity index (χ2v) is 4.82. The van der Waals surface area contributed by atoms with Crippen molar-refractivity contribution < 1.29 is 13.6 Å². The molecule has 4 heteroatoms. The summed E-state index contributed by atoms with van der Waals surface area (Å²) in [7, 11) is 0. The van der Waals surface area contributed by atoms with Gasteiger partial charge in [-0.3, -0.25) is 4.79 Å². The van der Waals surface area contributed by atoms with Crippen LogP contribution in [0.5, 0.6) is 0 Å². The Morgan fingerprint density at radius 2 is 2.10 bits per heavy atom. The van der Waals surface area contributed by atoms with Gasteiger partial charge in [-0.05, 0) is 25.8 Å². The van der Waals surface area contributed by atoms with E-state index in [1.165, 1.54) is 18.2 Å². The monoisotopic (exact) mass is 277 g/mol. The third-order valence-electron chi connectivity index (χ3n) is 3.17. The molecule has 0 N–H and O–H groups in total. The van der Waals surface area contributed by atoms with E-state index in [2.05, 4.69) is 0 Å². The number of rotatable bonds is 5. The quantitative estimate of drug-likeness (QED) is 0.595. The molecular formula is C16H17F2NO. The van der Waals surface area contributed by atoms with E-state index in [0.29, 0.717) is 5.56 Å². The number of hydrogen-bond donors (Lipinski definition) is 0. The standard InChI is InChI=1S/C16H17F2NO/c1-2-3-4-5-16(20)19(14-8-9-14)11-12-6-7-13(17)10-15(12)18/h2-7,10,14H,8-9,11H2,1H3/b3-2+,5-4+. The Kier molecular flexibility index (Phi) is 4.66. The summed E-state index contributed by atoms with van der Waals surface area (Å²) in [5.74, 6) is -1.36. The van der Waals surface area contributed by atoms with Crippen molar-refractivity contribution in [1.82, 2.24) is 4.90 Å². The molecule has 2 rings (SSSR count). The summed E-state index contributed by atoms with van der Waals surface area (Å²) in [6, 6.07) is 3.62. The minimum absolute atomic E-state index is 0.144. The van der Waals surface area contributed by atoms with E-state index < -0.39 is 11.6 Å². The van der Waals surface area contributed by atoms with Crippen LogP contribution in [0.3, 0.4) is 0 Å². The first kappa shape index (κ1) is 14.4. The molecule has 0 atom stereocenters. The molecule has 20 heavy (non-hydrogen) atoms. The number of benzene rings is 1. The van der Waals surface area contributed by atoms with Crippen molar-refractivity contribution in [3.63, 3.8) is 0 Å². The largest absolute Gasteiger partial charge is 0.332 e. The average molecular weight is 277 g/mol. The molecule has 1 aliphatic carbocycles. The van der Waals surface area contributed by atoms with Gasteiger partial charge in [0, 0.05) is 30.3 Å². The topological polar surface area (TPSA) is 20.3 Å². The Morgan fingerprint density at radius 3 is 2.70 bits per heavy atom. The molecule has 0 aromatic heterocycles. The summed E-state index contributed by atoms with van der Waals surface area (Å²) in [6.45, 7) is 2.04. The lowest BCUT2D eigenvalue weighted by molar-refractivity contribution is -0.127. The number of carbonyl (C=O) groups is 1. The predicted octanol–water partition coefficient (Wildman–Crippen LogP) is 3.59. The summed E-state index contributed by atoms with van der Waals surface area (Å²) in [5.41, 5.74) is 0.339. The zero-order chi connectivity index (χ0) is 14.5. The molecule has 106 valence electrons. The van der Waals surface area contributed by atoms with Gasteiger partial charge in [-0.2, -0.15) is 0 Å². The molecular weight excluding hydrogens is 260 g/mol. The highest BCUT2D eigenvalue weighted by atomic mass is 19.1. The highest BCUT2D eigenvalue weighted by Gasteiger charge is 2.31. The Morgan fingerprint density at radius 1 is 1.35 bits per heavy atom. The van der Waals surface area contributed by atoms with Gasteiger partial charge in [-0.15, -0.1) is 0 Å². The Balaban J connectivity index is 2.11. The van der Waals surface area contributed by atoms with Gasteiger partial charge in [0.05, 0.1) is 0 Å². The molecule has 2 nitrogen and oxygen atoms in total. The SMILES string of the molecule is C/C=C/C=C/C(=O)N(Cc1ccc(F)cc1F)C1CC1. The number of hydrogen-bond acceptors (Lipinski definition) is 1. The molecule has 0 bridgehead atoms. The van der Waals surface area contributed by atoms with E-state index in [4.69, 9.17) is 0 Å². The molecule has 0 aliphatic heterocycles. The Bertz CT molecular complexity index is 547. The fourth-order valence-electron chi connectivity index (χ4n) is 1.95. The van der Waals surface area contributed by atoms with Crippen LogP contribution in [0.2, 0.25) is 0 Å². The summed E-state index contributed by atoms with van der Waals surface area (Å²) < 4.78 is 26.5. The number of halogens is 2. The minimum atomic E-state index is -0.610. The maximum absolute atomic E-state index is 13.7. The van der Waals surface area contributed by atoms with Crippen molar-refractivity contribution in [2.75, 3.05) is 0 Å². The van der Waals surface area contributed by atoms with Gasteiger partial charge < -0.3 is 4.90 Å². The third-order valence-corrected chi connectivity index (χ3v) is 3.17. The van der Waals surface area contributed by atoms with Crippen molar-refractivity contribution in [2.45, 2.75) is 32.4 Å². The molecule has 0 saturated heterocycles. The maximum Gasteiger partial charge on any atom is 0.247 e. The van der Waals surface area contributed by atoms with Gasteiger partial charge in [0.15, 0.2) is 0 Å². The van der Waals surface area contributed by atoms with Gasteiger partial charge in [0.2, 0.25) is 5.91 Å². The highest BCUT2D eigenvalue weighted by Crippen LogP contribution is 2.29. The van der Waals surface area contributed by atoms with Crippen LogP contribution in [0.25, 0.3) is 0 Å². The summed E-state index contributed by atoms with van der Waals surface area (Å²) in [6.07, 6.45) is 8.60. The van der Waals surface area contributed by atoms with E-state index in [9.17, 15) is 13.6 Å². The van der Waals surface area contributed by atoms with Crippen molar-refractivity contribution in [2.24, 2.45) is 0 Å². The zero-order valence-electron chi connectivity index (χ0n) is 11.4. The molecule has 1 saturated carbocycles. The van der Waals surface area contributed by atoms with E-state index in [1.54, 1.807) is 17.1 Å². The van der Waals surface area contributed by atoms with Crippen LogP contribution >= 0.6 is 0 Å². The van der Waals surface area contributed by atoms with E-state index >= 15 is 0 Å². The first-order chi connectivity index (χ1) is 9.61. The van der Waals surface area contributed by atoms with Crippen molar-refractivity contribution in [3.05, 3.63) is 59.7 Å². The lowest BCUT2D eigenvalue weighted by Crippen LogP contribution is -2.31. The van der Waals surface area contributed by atoms with Crippen LogP contribution in [0, 0.1) is 11.6 Å². The second-order valence-electron chi connectivity index (χ2n) is 4.82. The summed E-state index contributed by atoms with van der Waals surface area (Å²) >= 11 is 0. The van der Waals surface area contributed by atoms with E-state index in [-0.39, 0.29) is 18.5 Å². The van der Waals surface area contributed by atoms with Crippen molar-refractivity contribution >= 4 is 5.91 Å². The molecule has 1 fully saturated rings. The van der Waals surface area contributed by atoms with Crippen LogP contribution in [0.1, 0.15) is 25.3 Å². The summed E-state index contributed by atoms with van der Waals surface area (Å²) in [5, 5.41) is 0. The highest BCUT2D eigenvalue weighted by molar-refractivity contribution is 5.88. The van der Waals surface area contributed by atoms with E-state index in [1.807, 2.05) is 13.0 Å². The maximum atomic E-state index is 13.7. The second kappa shape index (κ2) is 6.46. The van der Waals surface area contributed by atoms with Crippen LogP contribution in [-0.4, -0.2) is 16.8 Å². The lowest BCUT2D eigenvalue weighted by atomic mass is 10.2.